The maximum atomic E-state index is 12.1. The molecule has 4 N–H and O–H groups in total. The highest BCUT2D eigenvalue weighted by Gasteiger charge is 2.28. The first-order valence-electron chi connectivity index (χ1n) is 22.6. The average molecular weight is 874 g/mol. The van der Waals surface area contributed by atoms with Crippen molar-refractivity contribution in [1.82, 2.24) is 10.6 Å². The van der Waals surface area contributed by atoms with Crippen LogP contribution in [-0.2, 0) is 16.0 Å². The van der Waals surface area contributed by atoms with Crippen molar-refractivity contribution in [2.45, 2.75) is 46.6 Å². The van der Waals surface area contributed by atoms with Crippen LogP contribution >= 0.6 is 0 Å². The molecule has 0 saturated carbocycles. The molecule has 0 atom stereocenters. The summed E-state index contributed by atoms with van der Waals surface area (Å²) in [7, 11) is 0. The molecule has 12 heteroatoms. The summed E-state index contributed by atoms with van der Waals surface area (Å²) in [5.41, 5.74) is 6.93. The van der Waals surface area contributed by atoms with Gasteiger partial charge in [-0.05, 0) is 121 Å². The van der Waals surface area contributed by atoms with Gasteiger partial charge < -0.3 is 44.8 Å². The first-order valence-corrected chi connectivity index (χ1v) is 22.6. The van der Waals surface area contributed by atoms with Gasteiger partial charge in [0.05, 0.1) is 25.0 Å². The molecular formula is C53H57N6O6+. The second-order valence-electron chi connectivity index (χ2n) is 15.8. The van der Waals surface area contributed by atoms with Crippen LogP contribution in [-0.4, -0.2) is 58.1 Å². The molecule has 0 aliphatic carbocycles. The van der Waals surface area contributed by atoms with Crippen LogP contribution in [0.15, 0.2) is 143 Å². The van der Waals surface area contributed by atoms with Crippen LogP contribution in [0, 0.1) is 0 Å². The van der Waals surface area contributed by atoms with E-state index in [1.54, 1.807) is 24.3 Å². The van der Waals surface area contributed by atoms with E-state index in [0.29, 0.717) is 64.0 Å². The molecule has 12 nitrogen and oxygen atoms in total. The number of ether oxygens (including phenoxy) is 3. The number of carbonyl (C=O) groups is 2. The van der Waals surface area contributed by atoms with Crippen molar-refractivity contribution < 1.29 is 32.8 Å². The maximum absolute atomic E-state index is 12.1. The highest BCUT2D eigenvalue weighted by molar-refractivity contribution is 5.95. The van der Waals surface area contributed by atoms with Gasteiger partial charge in [0.2, 0.25) is 11.5 Å². The number of carbonyl (C=O) groups excluding carboxylic acids is 2. The minimum atomic E-state index is -0.0829. The van der Waals surface area contributed by atoms with Crippen LogP contribution in [0.4, 0.5) is 17.1 Å². The van der Waals surface area contributed by atoms with Crippen LogP contribution < -0.4 is 35.5 Å². The number of aryl methyl sites for hydroxylation is 1. The Balaban J connectivity index is 0.966. The molecule has 1 aliphatic rings. The van der Waals surface area contributed by atoms with Gasteiger partial charge in [-0.3, -0.25) is 9.59 Å². The quantitative estimate of drug-likeness (QED) is 0.0317. The summed E-state index contributed by atoms with van der Waals surface area (Å²) in [6, 6.07) is 40.1. The first-order chi connectivity index (χ1) is 31.9. The molecule has 0 spiro atoms. The number of nitrogens with one attached hydrogen (secondary N) is 4. The standard InChI is InChI=1S/C53H56N6O6/c1-4-37(29-50-58(46-31-40-13-7-9-15-42(40)33-48(46)64-50)25-11-27-62-35-56-44-21-17-38(18-22-44)52(60)54-5-2)30-51-59(47-32-41-14-8-10-16-43(41)34-49(47)65-51)26-12-28-63-36-57-45-23-19-39(20-24-45)53(61)55-6-3/h7-10,13-24,29-34H,4-6,11-12,25-28,35-36H2,1-3H3,(H3-,54,55,56,57,60,61)/p+1. The lowest BCUT2D eigenvalue weighted by molar-refractivity contribution is -0.678. The topological polar surface area (TPSA) is 130 Å². The lowest BCUT2D eigenvalue weighted by Crippen LogP contribution is -2.36. The average Bonchev–Trinajstić information content (AvgIpc) is 3.84. The van der Waals surface area contributed by atoms with Crippen molar-refractivity contribution in [3.05, 3.63) is 156 Å². The van der Waals surface area contributed by atoms with Gasteiger partial charge in [-0.1, -0.05) is 55.5 Å². The zero-order chi connectivity index (χ0) is 45.0. The van der Waals surface area contributed by atoms with Crippen LogP contribution in [0.25, 0.3) is 38.7 Å². The number of fused-ring (bicyclic) bond motifs is 4. The summed E-state index contributed by atoms with van der Waals surface area (Å²) >= 11 is 0. The molecule has 65 heavy (non-hydrogen) atoms. The minimum Gasteiger partial charge on any atom is -0.439 e. The number of hydrogen-bond donors (Lipinski definition) is 4. The van der Waals surface area contributed by atoms with Crippen molar-refractivity contribution in [1.29, 1.82) is 0 Å². The number of rotatable bonds is 21. The molecule has 8 rings (SSSR count). The van der Waals surface area contributed by atoms with Gasteiger partial charge in [-0.15, -0.1) is 0 Å². The van der Waals surface area contributed by atoms with E-state index in [4.69, 9.17) is 18.6 Å². The van der Waals surface area contributed by atoms with Gasteiger partial charge >= 0.3 is 5.89 Å². The number of nitrogens with zero attached hydrogens (tertiary/aromatic N) is 2. The van der Waals surface area contributed by atoms with Crippen LogP contribution in [0.1, 0.15) is 66.6 Å². The number of aromatic nitrogens is 1. The maximum Gasteiger partial charge on any atom is 0.374 e. The van der Waals surface area contributed by atoms with E-state index in [2.05, 4.69) is 110 Å². The summed E-state index contributed by atoms with van der Waals surface area (Å²) in [6.45, 7) is 10.3. The van der Waals surface area contributed by atoms with Crippen molar-refractivity contribution in [2.24, 2.45) is 0 Å². The zero-order valence-electron chi connectivity index (χ0n) is 37.3. The molecule has 0 bridgehead atoms. The summed E-state index contributed by atoms with van der Waals surface area (Å²) < 4.78 is 27.6. The third-order valence-corrected chi connectivity index (χ3v) is 11.3. The number of benzene rings is 6. The highest BCUT2D eigenvalue weighted by Crippen LogP contribution is 2.42. The van der Waals surface area contributed by atoms with Crippen molar-refractivity contribution in [3.8, 4) is 5.75 Å². The molecule has 0 fully saturated rings. The van der Waals surface area contributed by atoms with Crippen LogP contribution in [0.5, 0.6) is 5.75 Å². The Bertz CT molecular complexity index is 2820. The van der Waals surface area contributed by atoms with E-state index in [-0.39, 0.29) is 11.8 Å². The molecule has 6 aromatic carbocycles. The monoisotopic (exact) mass is 873 g/mol. The predicted molar refractivity (Wildman–Crippen MR) is 259 cm³/mol. The van der Waals surface area contributed by atoms with Crippen LogP contribution in [0.2, 0.25) is 0 Å². The molecular weight excluding hydrogens is 817 g/mol. The Morgan fingerprint density at radius 3 is 1.82 bits per heavy atom. The molecule has 2 heterocycles. The van der Waals surface area contributed by atoms with Gasteiger partial charge in [-0.2, -0.15) is 4.57 Å². The van der Waals surface area contributed by atoms with Crippen molar-refractivity contribution in [2.75, 3.05) is 61.8 Å². The van der Waals surface area contributed by atoms with E-state index < -0.39 is 0 Å². The molecule has 334 valence electrons. The minimum absolute atomic E-state index is 0.0829. The molecule has 2 amide bonds. The fourth-order valence-corrected chi connectivity index (χ4v) is 7.88. The van der Waals surface area contributed by atoms with Gasteiger partial charge in [0.25, 0.3) is 17.3 Å². The lowest BCUT2D eigenvalue weighted by atomic mass is 10.1. The van der Waals surface area contributed by atoms with Crippen molar-refractivity contribution >= 4 is 67.6 Å². The molecule has 0 unspecified atom stereocenters. The Hall–Kier alpha value is -7.15. The van der Waals surface area contributed by atoms with Gasteiger partial charge in [-0.25, -0.2) is 0 Å². The third-order valence-electron chi connectivity index (χ3n) is 11.3. The molecule has 0 saturated heterocycles. The summed E-state index contributed by atoms with van der Waals surface area (Å²) in [5.74, 6) is 2.16. The summed E-state index contributed by atoms with van der Waals surface area (Å²) in [5, 5.41) is 16.8. The van der Waals surface area contributed by atoms with Gasteiger partial charge in [0, 0.05) is 60.7 Å². The van der Waals surface area contributed by atoms with Gasteiger partial charge in [0.1, 0.15) is 13.5 Å². The zero-order valence-corrected chi connectivity index (χ0v) is 37.3. The Morgan fingerprint density at radius 2 is 1.23 bits per heavy atom. The number of allylic oxidation sites excluding steroid dienone is 2. The summed E-state index contributed by atoms with van der Waals surface area (Å²) in [4.78, 5) is 26.5. The third kappa shape index (κ3) is 11.0. The normalized spacial score (nSPS) is 13.1. The van der Waals surface area contributed by atoms with E-state index in [9.17, 15) is 9.59 Å². The second-order valence-corrected chi connectivity index (χ2v) is 15.8. The predicted octanol–water partition coefficient (Wildman–Crippen LogP) is 10.0. The fourth-order valence-electron chi connectivity index (χ4n) is 7.88. The Morgan fingerprint density at radius 1 is 0.677 bits per heavy atom. The SMILES string of the molecule is CCNC(=O)c1ccc(NCOCCCN2C(=CC(=Cc3oc4cc5ccccc5cc4[n+]3CCCOCNc3ccc(C(=O)NCC)cc3)CC)Oc3cc4ccccc4cc32)cc1. The van der Waals surface area contributed by atoms with E-state index in [0.717, 1.165) is 92.1 Å². The van der Waals surface area contributed by atoms with Gasteiger partial charge in [0.15, 0.2) is 12.3 Å². The van der Waals surface area contributed by atoms with E-state index in [1.165, 1.54) is 0 Å². The molecule has 7 aromatic rings. The number of oxazole rings is 1. The Labute approximate surface area is 379 Å². The molecule has 1 aliphatic heterocycles. The van der Waals surface area contributed by atoms with E-state index >= 15 is 0 Å². The lowest BCUT2D eigenvalue weighted by Gasteiger charge is -2.19. The molecule has 0 radical (unpaired) electrons. The smallest absolute Gasteiger partial charge is 0.374 e. The Kier molecular flexibility index (Phi) is 14.7. The largest absolute Gasteiger partial charge is 0.439 e. The highest BCUT2D eigenvalue weighted by atomic mass is 16.5. The number of anilines is 3. The molecule has 1 aromatic heterocycles. The van der Waals surface area contributed by atoms with Crippen LogP contribution in [0.3, 0.4) is 0 Å². The fraction of sp³-hybridized carbons (Fsp3) is 0.264. The first kappa shape index (κ1) is 44.5. The number of amides is 2. The summed E-state index contributed by atoms with van der Waals surface area (Å²) in [6.07, 6.45) is 6.52. The van der Waals surface area contributed by atoms with Crippen molar-refractivity contribution in [3.63, 3.8) is 0 Å². The second kappa shape index (κ2) is 21.5. The van der Waals surface area contributed by atoms with E-state index in [1.807, 2.05) is 50.2 Å². The number of hydrogen-bond acceptors (Lipinski definition) is 9.